The van der Waals surface area contributed by atoms with Crippen molar-refractivity contribution in [2.45, 2.75) is 39.3 Å². The highest BCUT2D eigenvalue weighted by atomic mass is 35.5. The van der Waals surface area contributed by atoms with Crippen molar-refractivity contribution in [3.05, 3.63) is 91.4 Å². The van der Waals surface area contributed by atoms with Crippen LogP contribution in [-0.2, 0) is 19.4 Å². The van der Waals surface area contributed by atoms with E-state index >= 15 is 0 Å². The lowest BCUT2D eigenvalue weighted by Gasteiger charge is -2.36. The molecule has 0 bridgehead atoms. The summed E-state index contributed by atoms with van der Waals surface area (Å²) in [4.78, 5) is 5.37. The monoisotopic (exact) mass is 399 g/mol. The zero-order valence-electron chi connectivity index (χ0n) is 15.6. The molecule has 3 aromatic rings. The molecule has 1 aliphatic heterocycles. The molecule has 2 aromatic carbocycles. The summed E-state index contributed by atoms with van der Waals surface area (Å²) in [6, 6.07) is 15.6. The molecule has 0 saturated carbocycles. The van der Waals surface area contributed by atoms with Gasteiger partial charge < -0.3 is 0 Å². The number of halogens is 2. The number of benzene rings is 2. The van der Waals surface area contributed by atoms with Crippen LogP contribution >= 0.6 is 22.9 Å². The fourth-order valence-corrected chi connectivity index (χ4v) is 5.89. The molecule has 0 amide bonds. The Morgan fingerprint density at radius 2 is 1.96 bits per heavy atom. The summed E-state index contributed by atoms with van der Waals surface area (Å²) < 4.78 is 13.5. The van der Waals surface area contributed by atoms with E-state index in [0.717, 1.165) is 31.5 Å². The average molecular weight is 400 g/mol. The van der Waals surface area contributed by atoms with Crippen LogP contribution in [0.1, 0.15) is 45.0 Å². The van der Waals surface area contributed by atoms with Gasteiger partial charge in [-0.15, -0.1) is 11.3 Å². The van der Waals surface area contributed by atoms with Gasteiger partial charge in [-0.3, -0.25) is 4.90 Å². The van der Waals surface area contributed by atoms with Gasteiger partial charge in [0.1, 0.15) is 5.82 Å². The van der Waals surface area contributed by atoms with Crippen molar-refractivity contribution in [3.63, 3.8) is 0 Å². The maximum atomic E-state index is 13.5. The smallest absolute Gasteiger partial charge is 0.124 e. The van der Waals surface area contributed by atoms with E-state index in [1.54, 1.807) is 0 Å². The lowest BCUT2D eigenvalue weighted by atomic mass is 9.91. The SMILES string of the molecule is CCc1c(C)sc2c1CCN(Cc1ccc(F)cc1Cl)C2c1ccccc1. The number of fused-ring (bicyclic) bond motifs is 1. The van der Waals surface area contributed by atoms with Gasteiger partial charge in [-0.1, -0.05) is 54.9 Å². The fourth-order valence-electron chi connectivity index (χ4n) is 4.19. The normalized spacial score (nSPS) is 17.1. The van der Waals surface area contributed by atoms with Gasteiger partial charge in [0.25, 0.3) is 0 Å². The summed E-state index contributed by atoms with van der Waals surface area (Å²) in [7, 11) is 0. The van der Waals surface area contributed by atoms with E-state index in [1.807, 2.05) is 17.4 Å². The van der Waals surface area contributed by atoms with Crippen LogP contribution in [0.5, 0.6) is 0 Å². The van der Waals surface area contributed by atoms with Crippen molar-refractivity contribution >= 4 is 22.9 Å². The number of rotatable bonds is 4. The van der Waals surface area contributed by atoms with Crippen LogP contribution in [0, 0.1) is 12.7 Å². The van der Waals surface area contributed by atoms with E-state index in [0.29, 0.717) is 5.02 Å². The van der Waals surface area contributed by atoms with Gasteiger partial charge in [-0.25, -0.2) is 4.39 Å². The average Bonchev–Trinajstić information content (AvgIpc) is 2.99. The van der Waals surface area contributed by atoms with Crippen LogP contribution in [0.2, 0.25) is 5.02 Å². The van der Waals surface area contributed by atoms with Crippen LogP contribution < -0.4 is 0 Å². The highest BCUT2D eigenvalue weighted by molar-refractivity contribution is 7.12. The molecule has 0 N–H and O–H groups in total. The lowest BCUT2D eigenvalue weighted by Crippen LogP contribution is -2.35. The molecule has 1 atom stereocenters. The van der Waals surface area contributed by atoms with Gasteiger partial charge in [0.05, 0.1) is 6.04 Å². The summed E-state index contributed by atoms with van der Waals surface area (Å²) in [5.41, 5.74) is 5.35. The first-order valence-electron chi connectivity index (χ1n) is 9.42. The molecule has 2 heterocycles. The number of nitrogens with zero attached hydrogens (tertiary/aromatic N) is 1. The Hall–Kier alpha value is -1.68. The number of hydrogen-bond donors (Lipinski definition) is 0. The van der Waals surface area contributed by atoms with Gasteiger partial charge in [-0.2, -0.15) is 0 Å². The van der Waals surface area contributed by atoms with Crippen LogP contribution in [0.3, 0.4) is 0 Å². The minimum absolute atomic E-state index is 0.222. The number of aryl methyl sites for hydroxylation is 1. The topological polar surface area (TPSA) is 3.24 Å². The summed E-state index contributed by atoms with van der Waals surface area (Å²) in [5, 5.41) is 0.504. The molecule has 0 saturated heterocycles. The third-order valence-electron chi connectivity index (χ3n) is 5.47. The fraction of sp³-hybridized carbons (Fsp3) is 0.304. The molecule has 0 fully saturated rings. The number of hydrogen-bond acceptors (Lipinski definition) is 2. The maximum Gasteiger partial charge on any atom is 0.124 e. The first-order chi connectivity index (χ1) is 13.1. The predicted molar refractivity (Wildman–Crippen MR) is 112 cm³/mol. The summed E-state index contributed by atoms with van der Waals surface area (Å²) in [6.07, 6.45) is 2.15. The molecule has 140 valence electrons. The largest absolute Gasteiger partial charge is 0.287 e. The van der Waals surface area contributed by atoms with Crippen molar-refractivity contribution in [2.75, 3.05) is 6.54 Å². The van der Waals surface area contributed by atoms with Crippen molar-refractivity contribution in [2.24, 2.45) is 0 Å². The Morgan fingerprint density at radius 3 is 2.67 bits per heavy atom. The van der Waals surface area contributed by atoms with Crippen LogP contribution in [-0.4, -0.2) is 11.4 Å². The molecular formula is C23H23ClFNS. The quantitative estimate of drug-likeness (QED) is 0.480. The molecule has 0 spiro atoms. The van der Waals surface area contributed by atoms with E-state index in [-0.39, 0.29) is 11.9 Å². The Kier molecular flexibility index (Phi) is 5.36. The van der Waals surface area contributed by atoms with Crippen molar-refractivity contribution < 1.29 is 4.39 Å². The van der Waals surface area contributed by atoms with Crippen molar-refractivity contribution in [1.29, 1.82) is 0 Å². The standard InChI is InChI=1S/C23H23ClFNS/c1-3-19-15(2)27-23-20(19)11-12-26(22(23)16-7-5-4-6-8-16)14-17-9-10-18(25)13-21(17)24/h4-10,13,22H,3,11-12,14H2,1-2H3. The van der Waals surface area contributed by atoms with Crippen molar-refractivity contribution in [3.8, 4) is 0 Å². The molecule has 0 radical (unpaired) electrons. The zero-order chi connectivity index (χ0) is 19.0. The number of thiophene rings is 1. The van der Waals surface area contributed by atoms with E-state index in [4.69, 9.17) is 11.6 Å². The Balaban J connectivity index is 1.76. The molecule has 4 heteroatoms. The molecular weight excluding hydrogens is 377 g/mol. The predicted octanol–water partition coefficient (Wildman–Crippen LogP) is 6.56. The van der Waals surface area contributed by atoms with Gasteiger partial charge in [0, 0.05) is 27.9 Å². The van der Waals surface area contributed by atoms with Gasteiger partial charge in [0.2, 0.25) is 0 Å². The minimum Gasteiger partial charge on any atom is -0.287 e. The second-order valence-electron chi connectivity index (χ2n) is 7.10. The second-order valence-corrected chi connectivity index (χ2v) is 8.77. The highest BCUT2D eigenvalue weighted by Crippen LogP contribution is 2.43. The first kappa shape index (κ1) is 18.7. The first-order valence-corrected chi connectivity index (χ1v) is 10.6. The molecule has 0 aliphatic carbocycles. The zero-order valence-corrected chi connectivity index (χ0v) is 17.2. The van der Waals surface area contributed by atoms with Gasteiger partial charge in [-0.05, 0) is 54.2 Å². The Morgan fingerprint density at radius 1 is 1.19 bits per heavy atom. The lowest BCUT2D eigenvalue weighted by molar-refractivity contribution is 0.207. The summed E-state index contributed by atoms with van der Waals surface area (Å²) in [6.45, 7) is 6.18. The minimum atomic E-state index is -0.286. The molecule has 1 unspecified atom stereocenters. The van der Waals surface area contributed by atoms with E-state index in [9.17, 15) is 4.39 Å². The molecule has 27 heavy (non-hydrogen) atoms. The van der Waals surface area contributed by atoms with Crippen LogP contribution in [0.4, 0.5) is 4.39 Å². The summed E-state index contributed by atoms with van der Waals surface area (Å²) in [5.74, 6) is -0.286. The highest BCUT2D eigenvalue weighted by Gasteiger charge is 2.32. The third-order valence-corrected chi connectivity index (χ3v) is 7.06. The van der Waals surface area contributed by atoms with Gasteiger partial charge in [0.15, 0.2) is 0 Å². The van der Waals surface area contributed by atoms with E-state index in [1.165, 1.54) is 38.6 Å². The molecule has 1 aromatic heterocycles. The van der Waals surface area contributed by atoms with E-state index in [2.05, 4.69) is 49.1 Å². The summed E-state index contributed by atoms with van der Waals surface area (Å²) >= 11 is 8.26. The molecule has 1 aliphatic rings. The van der Waals surface area contributed by atoms with Gasteiger partial charge >= 0.3 is 0 Å². The molecule has 1 nitrogen and oxygen atoms in total. The van der Waals surface area contributed by atoms with Crippen molar-refractivity contribution in [1.82, 2.24) is 4.90 Å². The van der Waals surface area contributed by atoms with Crippen LogP contribution in [0.25, 0.3) is 0 Å². The Labute approximate surface area is 169 Å². The van der Waals surface area contributed by atoms with E-state index < -0.39 is 0 Å². The Bertz CT molecular complexity index is 951. The maximum absolute atomic E-state index is 13.5. The molecule has 4 rings (SSSR count). The van der Waals surface area contributed by atoms with Crippen LogP contribution in [0.15, 0.2) is 48.5 Å². The third kappa shape index (κ3) is 3.56. The second kappa shape index (κ2) is 7.75.